The first-order valence-electron chi connectivity index (χ1n) is 11.2. The molecule has 35 heavy (non-hydrogen) atoms. The van der Waals surface area contributed by atoms with E-state index in [2.05, 4.69) is 21.2 Å². The number of nitrogens with zero attached hydrogens (tertiary/aromatic N) is 3. The average Bonchev–Trinajstić information content (AvgIpc) is 3.10. The van der Waals surface area contributed by atoms with Gasteiger partial charge >= 0.3 is 0 Å². The topological polar surface area (TPSA) is 134 Å². The number of hydrogen-bond donors (Lipinski definition) is 3. The van der Waals surface area contributed by atoms with Crippen molar-refractivity contribution in [1.29, 1.82) is 0 Å². The van der Waals surface area contributed by atoms with Crippen molar-refractivity contribution < 1.29 is 18.6 Å². The van der Waals surface area contributed by atoms with E-state index in [1.165, 1.54) is 30.5 Å². The van der Waals surface area contributed by atoms with Crippen LogP contribution < -0.4 is 10.9 Å². The summed E-state index contributed by atoms with van der Waals surface area (Å²) in [5.41, 5.74) is -1.76. The lowest BCUT2D eigenvalue weighted by Gasteiger charge is -2.28. The van der Waals surface area contributed by atoms with E-state index in [0.29, 0.717) is 29.6 Å². The summed E-state index contributed by atoms with van der Waals surface area (Å²) in [5.74, 6) is 2.21. The second kappa shape index (κ2) is 8.75. The summed E-state index contributed by atoms with van der Waals surface area (Å²) in [6.45, 7) is 4.59. The number of anilines is 2. The maximum atomic E-state index is 13.1. The molecule has 0 saturated heterocycles. The van der Waals surface area contributed by atoms with Crippen molar-refractivity contribution in [2.24, 2.45) is 0 Å². The Morgan fingerprint density at radius 1 is 1.31 bits per heavy atom. The second-order valence-electron chi connectivity index (χ2n) is 9.84. The largest absolute Gasteiger partial charge is 0.389 e. The van der Waals surface area contributed by atoms with Crippen LogP contribution in [0.4, 0.5) is 11.6 Å². The van der Waals surface area contributed by atoms with E-state index >= 15 is 0 Å². The lowest BCUT2D eigenvalue weighted by molar-refractivity contribution is 0.0266. The van der Waals surface area contributed by atoms with Crippen LogP contribution in [0.25, 0.3) is 11.0 Å². The van der Waals surface area contributed by atoms with E-state index in [0.717, 1.165) is 6.42 Å². The number of aromatic nitrogens is 3. The summed E-state index contributed by atoms with van der Waals surface area (Å²) in [5, 5.41) is 24.4. The molecule has 4 rings (SSSR count). The SMILES string of the molecule is C#Cc1cc2cnc(Nc3ccc(S(=O)(=O)CC(C)(C)O)cc3)nc2n([C@@H]2CCC[C@@]2(C)O)c1=O. The van der Waals surface area contributed by atoms with Crippen LogP contribution in [0, 0.1) is 12.3 Å². The standard InChI is InChI=1S/C25H28N4O5S/c1-5-16-13-17-14-26-23(28-21(17)29(22(16)30)20-7-6-12-25(20,4)32)27-18-8-10-19(11-9-18)35(33,34)15-24(2,3)31/h1,8-11,13-14,20,31-32H,6-7,12,15H2,2-4H3,(H,26,27,28)/t20-,25-/m1/s1. The molecule has 2 heterocycles. The van der Waals surface area contributed by atoms with Crippen molar-refractivity contribution in [2.75, 3.05) is 11.1 Å². The number of hydrogen-bond acceptors (Lipinski definition) is 8. The van der Waals surface area contributed by atoms with E-state index in [4.69, 9.17) is 6.42 Å². The number of pyridine rings is 1. The third kappa shape index (κ3) is 5.07. The van der Waals surface area contributed by atoms with Crippen molar-refractivity contribution in [2.45, 2.75) is 62.2 Å². The predicted molar refractivity (Wildman–Crippen MR) is 133 cm³/mol. The van der Waals surface area contributed by atoms with Gasteiger partial charge in [-0.2, -0.15) is 4.98 Å². The molecule has 0 aliphatic heterocycles. The van der Waals surface area contributed by atoms with E-state index in [9.17, 15) is 23.4 Å². The fourth-order valence-corrected chi connectivity index (χ4v) is 6.18. The highest BCUT2D eigenvalue weighted by atomic mass is 32.2. The molecule has 1 aromatic carbocycles. The lowest BCUT2D eigenvalue weighted by atomic mass is 9.99. The Morgan fingerprint density at radius 2 is 2.00 bits per heavy atom. The van der Waals surface area contributed by atoms with Gasteiger partial charge in [-0.3, -0.25) is 9.36 Å². The average molecular weight is 497 g/mol. The van der Waals surface area contributed by atoms with Gasteiger partial charge in [0.25, 0.3) is 5.56 Å². The van der Waals surface area contributed by atoms with Crippen molar-refractivity contribution in [3.8, 4) is 12.3 Å². The van der Waals surface area contributed by atoms with E-state index in [1.807, 2.05) is 0 Å². The summed E-state index contributed by atoms with van der Waals surface area (Å²) in [6, 6.07) is 7.10. The number of aliphatic hydroxyl groups is 2. The van der Waals surface area contributed by atoms with Gasteiger partial charge in [0.05, 0.1) is 33.5 Å². The zero-order valence-electron chi connectivity index (χ0n) is 19.8. The molecule has 1 aliphatic carbocycles. The molecule has 3 N–H and O–H groups in total. The van der Waals surface area contributed by atoms with Gasteiger partial charge in [-0.25, -0.2) is 13.4 Å². The maximum absolute atomic E-state index is 13.1. The van der Waals surface area contributed by atoms with Gasteiger partial charge in [-0.05, 0) is 70.4 Å². The normalized spacial score (nSPS) is 20.6. The highest BCUT2D eigenvalue weighted by Crippen LogP contribution is 2.39. The molecule has 1 aliphatic rings. The Hall–Kier alpha value is -3.26. The van der Waals surface area contributed by atoms with Crippen LogP contribution in [0.15, 0.2) is 46.2 Å². The minimum Gasteiger partial charge on any atom is -0.389 e. The van der Waals surface area contributed by atoms with Gasteiger partial charge in [0.15, 0.2) is 9.84 Å². The summed E-state index contributed by atoms with van der Waals surface area (Å²) in [7, 11) is -3.66. The number of nitrogens with one attached hydrogen (secondary N) is 1. The third-order valence-corrected chi connectivity index (χ3v) is 8.21. The Morgan fingerprint density at radius 3 is 2.57 bits per heavy atom. The van der Waals surface area contributed by atoms with Crippen LogP contribution in [0.2, 0.25) is 0 Å². The first-order valence-corrected chi connectivity index (χ1v) is 12.9. The number of terminal acetylenes is 1. The van der Waals surface area contributed by atoms with Crippen LogP contribution >= 0.6 is 0 Å². The summed E-state index contributed by atoms with van der Waals surface area (Å²) in [6.07, 6.45) is 9.04. The van der Waals surface area contributed by atoms with Crippen molar-refractivity contribution in [3.05, 3.63) is 52.4 Å². The first-order chi connectivity index (χ1) is 16.3. The molecule has 0 amide bonds. The predicted octanol–water partition coefficient (Wildman–Crippen LogP) is 2.54. The van der Waals surface area contributed by atoms with Crippen LogP contribution in [0.3, 0.4) is 0 Å². The number of rotatable bonds is 6. The molecule has 2 atom stereocenters. The summed E-state index contributed by atoms with van der Waals surface area (Å²) in [4.78, 5) is 22.1. The van der Waals surface area contributed by atoms with Crippen molar-refractivity contribution >= 4 is 32.5 Å². The van der Waals surface area contributed by atoms with Gasteiger partial charge in [-0.1, -0.05) is 5.92 Å². The molecular formula is C25H28N4O5S. The van der Waals surface area contributed by atoms with Gasteiger partial charge in [0.2, 0.25) is 5.95 Å². The second-order valence-corrected chi connectivity index (χ2v) is 11.8. The zero-order valence-corrected chi connectivity index (χ0v) is 20.6. The van der Waals surface area contributed by atoms with E-state index in [1.54, 1.807) is 31.3 Å². The Labute approximate surface area is 203 Å². The number of fused-ring (bicyclic) bond motifs is 1. The first kappa shape index (κ1) is 24.9. The molecule has 10 heteroatoms. The molecule has 0 radical (unpaired) electrons. The molecule has 0 unspecified atom stereocenters. The molecule has 9 nitrogen and oxygen atoms in total. The highest BCUT2D eigenvalue weighted by Gasteiger charge is 2.39. The molecule has 1 fully saturated rings. The van der Waals surface area contributed by atoms with Crippen LogP contribution in [0.1, 0.15) is 51.6 Å². The minimum absolute atomic E-state index is 0.0868. The van der Waals surface area contributed by atoms with Gasteiger partial charge in [-0.15, -0.1) is 6.42 Å². The molecule has 184 valence electrons. The van der Waals surface area contributed by atoms with Crippen molar-refractivity contribution in [3.63, 3.8) is 0 Å². The van der Waals surface area contributed by atoms with Gasteiger partial charge in [0, 0.05) is 17.3 Å². The van der Waals surface area contributed by atoms with Crippen LogP contribution in [0.5, 0.6) is 0 Å². The molecule has 0 bridgehead atoms. The van der Waals surface area contributed by atoms with Crippen LogP contribution in [-0.2, 0) is 9.84 Å². The lowest BCUT2D eigenvalue weighted by Crippen LogP contribution is -2.38. The minimum atomic E-state index is -3.66. The quantitative estimate of drug-likeness (QED) is 0.443. The summed E-state index contributed by atoms with van der Waals surface area (Å²) >= 11 is 0. The van der Waals surface area contributed by atoms with Crippen molar-refractivity contribution in [1.82, 2.24) is 14.5 Å². The van der Waals surface area contributed by atoms with Gasteiger partial charge < -0.3 is 15.5 Å². The monoisotopic (exact) mass is 496 g/mol. The fourth-order valence-electron chi connectivity index (χ4n) is 4.53. The molecular weight excluding hydrogens is 468 g/mol. The number of benzene rings is 1. The number of sulfone groups is 1. The van der Waals surface area contributed by atoms with Gasteiger partial charge in [0.1, 0.15) is 5.65 Å². The molecule has 1 saturated carbocycles. The molecule has 0 spiro atoms. The third-order valence-electron chi connectivity index (χ3n) is 6.13. The Kier molecular flexibility index (Phi) is 6.21. The fraction of sp³-hybridized carbons (Fsp3) is 0.400. The Balaban J connectivity index is 1.71. The van der Waals surface area contributed by atoms with Crippen LogP contribution in [-0.4, -0.2) is 50.1 Å². The van der Waals surface area contributed by atoms with E-state index in [-0.39, 0.29) is 16.4 Å². The molecule has 3 aromatic rings. The highest BCUT2D eigenvalue weighted by molar-refractivity contribution is 7.91. The Bertz CT molecular complexity index is 1480. The maximum Gasteiger partial charge on any atom is 0.268 e. The smallest absolute Gasteiger partial charge is 0.268 e. The molecule has 2 aromatic heterocycles. The summed E-state index contributed by atoms with van der Waals surface area (Å²) < 4.78 is 26.5. The zero-order chi connectivity index (χ0) is 25.6. The van der Waals surface area contributed by atoms with E-state index < -0.39 is 38.4 Å².